The van der Waals surface area contributed by atoms with Gasteiger partial charge in [0.2, 0.25) is 6.10 Å². The molecule has 19 heteroatoms. The number of aliphatic hydroxyl groups excluding tert-OH is 2. The Balaban J connectivity index is 1.43. The molecule has 4 unspecified atom stereocenters. The molecule has 2 saturated carbocycles. The fraction of sp³-hybridized carbons (Fsp3) is 0.491. The summed E-state index contributed by atoms with van der Waals surface area (Å²) in [6.45, 7) is 9.45. The fourth-order valence-corrected chi connectivity index (χ4v) is 11.6. The van der Waals surface area contributed by atoms with Gasteiger partial charge >= 0.3 is 35.8 Å². The van der Waals surface area contributed by atoms with Crippen LogP contribution in [0.3, 0.4) is 0 Å². The first kappa shape index (κ1) is 55.0. The second kappa shape index (κ2) is 21.6. The van der Waals surface area contributed by atoms with Crippen molar-refractivity contribution in [1.82, 2.24) is 5.32 Å². The average molecular weight is 1030 g/mol. The zero-order valence-electron chi connectivity index (χ0n) is 42.4. The van der Waals surface area contributed by atoms with Crippen molar-refractivity contribution < 1.29 is 86.8 Å². The van der Waals surface area contributed by atoms with Crippen molar-refractivity contribution in [2.24, 2.45) is 22.7 Å². The molecular formula is C55H63NO18. The van der Waals surface area contributed by atoms with Crippen molar-refractivity contribution in [2.75, 3.05) is 13.2 Å². The molecule has 7 rings (SSSR count). The summed E-state index contributed by atoms with van der Waals surface area (Å²) >= 11 is 0. The Bertz CT molecular complexity index is 2670. The van der Waals surface area contributed by atoms with E-state index in [9.17, 15) is 44.1 Å². The van der Waals surface area contributed by atoms with E-state index in [-0.39, 0.29) is 48.1 Å². The van der Waals surface area contributed by atoms with Crippen LogP contribution in [-0.4, -0.2) is 130 Å². The predicted octanol–water partition coefficient (Wildman–Crippen LogP) is 4.24. The second-order valence-corrected chi connectivity index (χ2v) is 20.1. The van der Waals surface area contributed by atoms with Crippen molar-refractivity contribution in [2.45, 2.75) is 135 Å². The van der Waals surface area contributed by atoms with Crippen LogP contribution in [0.4, 0.5) is 0 Å². The van der Waals surface area contributed by atoms with Crippen LogP contribution >= 0.6 is 0 Å². The third-order valence-electron chi connectivity index (χ3n) is 15.2. The van der Waals surface area contributed by atoms with E-state index in [0.29, 0.717) is 5.57 Å². The number of hydrogen-bond donors (Lipinski definition) is 4. The van der Waals surface area contributed by atoms with Crippen molar-refractivity contribution in [3.05, 3.63) is 119 Å². The van der Waals surface area contributed by atoms with Gasteiger partial charge in [0.1, 0.15) is 36.6 Å². The van der Waals surface area contributed by atoms with Crippen molar-refractivity contribution in [1.29, 1.82) is 0 Å². The standard InChI is InChI=1S/C55H63NO18/c1-29(2)55-38(60)26-39-53(28-68-39,74-34(7)59)44(55)46(73-50(65)37-22-16-11-17-23-37)54(67)25-24-30(3)40(42(45(55)61)71-33(6)58)52(54,8)27-69-51(66)43(72-49(64)32(5)70-48(63)31(4)57)41(35-18-12-9-13-19-35)56-47(62)36-20-14-10-15-21-36/h9-23,29,31-32,38-39,41-44,46,57,60,67H,24-28H2,1-8H3,(H,56,62)/t31?,32?,38-,39+,41?,42+,43+,44?,46-,52-,53-,54+,55+/m0/s1. The van der Waals surface area contributed by atoms with E-state index in [1.165, 1.54) is 43.3 Å². The average Bonchev–Trinajstić information content (AvgIpc) is 3.36. The molecule has 0 aromatic heterocycles. The molecular weight excluding hydrogens is 963 g/mol. The molecule has 19 nitrogen and oxygen atoms in total. The Morgan fingerprint density at radius 1 is 0.797 bits per heavy atom. The molecule has 2 bridgehead atoms. The van der Waals surface area contributed by atoms with Gasteiger partial charge in [-0.1, -0.05) is 86.2 Å². The Morgan fingerprint density at radius 2 is 1.39 bits per heavy atom. The van der Waals surface area contributed by atoms with Gasteiger partial charge in [-0.15, -0.1) is 0 Å². The molecule has 4 N–H and O–H groups in total. The highest BCUT2D eigenvalue weighted by atomic mass is 16.6. The zero-order chi connectivity index (χ0) is 54.1. The first-order valence-electron chi connectivity index (χ1n) is 24.5. The predicted molar refractivity (Wildman–Crippen MR) is 258 cm³/mol. The Kier molecular flexibility index (Phi) is 16.0. The minimum Gasteiger partial charge on any atom is -0.462 e. The topological polar surface area (TPSA) is 274 Å². The van der Waals surface area contributed by atoms with E-state index in [1.54, 1.807) is 75.4 Å². The van der Waals surface area contributed by atoms with Gasteiger partial charge in [-0.25, -0.2) is 19.2 Å². The summed E-state index contributed by atoms with van der Waals surface area (Å²) in [6.07, 6.45) is -12.6. The fourth-order valence-electron chi connectivity index (χ4n) is 11.6. The number of amides is 1. The monoisotopic (exact) mass is 1030 g/mol. The lowest BCUT2D eigenvalue weighted by Gasteiger charge is -2.68. The number of hydrogen-bond acceptors (Lipinski definition) is 18. The van der Waals surface area contributed by atoms with Gasteiger partial charge in [-0.2, -0.15) is 0 Å². The maximum atomic E-state index is 16.2. The molecule has 1 saturated heterocycles. The summed E-state index contributed by atoms with van der Waals surface area (Å²) in [4.78, 5) is 113. The van der Waals surface area contributed by atoms with Crippen LogP contribution in [0.5, 0.6) is 0 Å². The second-order valence-electron chi connectivity index (χ2n) is 20.1. The van der Waals surface area contributed by atoms with Gasteiger partial charge in [0, 0.05) is 25.8 Å². The third kappa shape index (κ3) is 9.85. The van der Waals surface area contributed by atoms with E-state index in [0.717, 1.165) is 27.7 Å². The number of aliphatic hydroxyl groups is 3. The van der Waals surface area contributed by atoms with E-state index in [1.807, 2.05) is 0 Å². The number of ether oxygens (including phenoxy) is 7. The maximum absolute atomic E-state index is 16.2. The molecule has 3 aromatic carbocycles. The molecule has 1 amide bonds. The van der Waals surface area contributed by atoms with E-state index >= 15 is 9.59 Å². The van der Waals surface area contributed by atoms with Gasteiger partial charge in [0.25, 0.3) is 5.91 Å². The number of benzene rings is 3. The van der Waals surface area contributed by atoms with Crippen LogP contribution in [-0.2, 0) is 61.9 Å². The number of carbonyl (C=O) groups is 8. The molecule has 1 heterocycles. The molecule has 0 radical (unpaired) electrons. The minimum absolute atomic E-state index is 0.0187. The maximum Gasteiger partial charge on any atom is 0.350 e. The quantitative estimate of drug-likeness (QED) is 0.0887. The molecule has 396 valence electrons. The molecule has 74 heavy (non-hydrogen) atoms. The molecule has 1 aliphatic heterocycles. The highest BCUT2D eigenvalue weighted by Gasteiger charge is 2.80. The molecule has 4 aliphatic rings. The summed E-state index contributed by atoms with van der Waals surface area (Å²) < 4.78 is 42.0. The van der Waals surface area contributed by atoms with Gasteiger partial charge < -0.3 is 53.8 Å². The molecule has 3 aromatic rings. The largest absolute Gasteiger partial charge is 0.462 e. The Hall–Kier alpha value is -6.80. The van der Waals surface area contributed by atoms with E-state index < -0.39 is 137 Å². The highest BCUT2D eigenvalue weighted by molar-refractivity contribution is 5.97. The molecule has 13 atom stereocenters. The van der Waals surface area contributed by atoms with Crippen molar-refractivity contribution in [3.63, 3.8) is 0 Å². The normalized spacial score (nSPS) is 29.7. The number of esters is 6. The Labute approximate surface area is 427 Å². The van der Waals surface area contributed by atoms with Crippen LogP contribution in [0.2, 0.25) is 0 Å². The number of carbonyl (C=O) groups excluding carboxylic acids is 8. The summed E-state index contributed by atoms with van der Waals surface area (Å²) in [5.74, 6) is -10.7. The van der Waals surface area contributed by atoms with Gasteiger partial charge in [-0.05, 0) is 81.9 Å². The lowest BCUT2D eigenvalue weighted by Crippen LogP contribution is -2.83. The first-order chi connectivity index (χ1) is 34.9. The number of nitrogens with one attached hydrogen (secondary N) is 1. The van der Waals surface area contributed by atoms with Crippen LogP contribution in [0.15, 0.2) is 102 Å². The SMILES string of the molecule is CC(=O)O[C@H]1C(=O)[C@@]2(C(C)C)C([C@H](OC(=O)c3ccccc3)[C@]3(O)CCC(C)=C1[C@]3(C)COC(=O)[C@H](OC(=O)C(C)OC(=O)C(C)O)C(NC(=O)c1ccccc1)c1ccccc1)[C@]1(OC(C)=O)CO[C@@H]1C[C@@H]2O. The van der Waals surface area contributed by atoms with Gasteiger partial charge in [0.15, 0.2) is 23.6 Å². The molecule has 3 aliphatic carbocycles. The van der Waals surface area contributed by atoms with Crippen molar-refractivity contribution >= 4 is 47.5 Å². The number of Topliss-reactive ketones (excluding diaryl/α,β-unsaturated/α-hetero) is 1. The van der Waals surface area contributed by atoms with Crippen LogP contribution in [0.1, 0.15) is 107 Å². The van der Waals surface area contributed by atoms with E-state index in [2.05, 4.69) is 5.32 Å². The van der Waals surface area contributed by atoms with Crippen LogP contribution in [0, 0.1) is 22.7 Å². The zero-order valence-corrected chi connectivity index (χ0v) is 42.4. The van der Waals surface area contributed by atoms with Gasteiger partial charge in [0.05, 0.1) is 35.0 Å². The van der Waals surface area contributed by atoms with Crippen LogP contribution in [0.25, 0.3) is 0 Å². The summed E-state index contributed by atoms with van der Waals surface area (Å²) in [7, 11) is 0. The lowest BCUT2D eigenvalue weighted by atomic mass is 9.42. The molecule has 3 fully saturated rings. The number of allylic oxidation sites excluding steroid dienone is 1. The number of rotatable bonds is 16. The van der Waals surface area contributed by atoms with Crippen LogP contribution < -0.4 is 5.32 Å². The Morgan fingerprint density at radius 3 is 1.93 bits per heavy atom. The van der Waals surface area contributed by atoms with Crippen molar-refractivity contribution in [3.8, 4) is 0 Å². The third-order valence-corrected chi connectivity index (χ3v) is 15.2. The first-order valence-corrected chi connectivity index (χ1v) is 24.5. The summed E-state index contributed by atoms with van der Waals surface area (Å²) in [5.41, 5.74) is -7.88. The number of fused-ring (bicyclic) bond motifs is 5. The lowest BCUT2D eigenvalue weighted by molar-refractivity contribution is -0.353. The summed E-state index contributed by atoms with van der Waals surface area (Å²) in [5, 5.41) is 39.3. The highest BCUT2D eigenvalue weighted by Crippen LogP contribution is 2.66. The van der Waals surface area contributed by atoms with E-state index in [4.69, 9.17) is 33.2 Å². The number of ketones is 1. The minimum atomic E-state index is -2.50. The molecule has 0 spiro atoms. The summed E-state index contributed by atoms with van der Waals surface area (Å²) in [6, 6.07) is 22.0. The van der Waals surface area contributed by atoms with Gasteiger partial charge in [-0.3, -0.25) is 19.2 Å². The smallest absolute Gasteiger partial charge is 0.350 e.